The van der Waals surface area contributed by atoms with E-state index in [0.29, 0.717) is 6.54 Å². The van der Waals surface area contributed by atoms with Gasteiger partial charge in [-0.2, -0.15) is 0 Å². The topological polar surface area (TPSA) is 58.1 Å². The summed E-state index contributed by atoms with van der Waals surface area (Å²) < 4.78 is 10.9. The van der Waals surface area contributed by atoms with E-state index in [4.69, 9.17) is 14.5 Å². The first kappa shape index (κ1) is 22.1. The summed E-state index contributed by atoms with van der Waals surface area (Å²) in [6.07, 6.45) is 0. The van der Waals surface area contributed by atoms with Gasteiger partial charge in [0.15, 0.2) is 5.96 Å². The summed E-state index contributed by atoms with van der Waals surface area (Å²) in [5.41, 5.74) is 3.74. The fraction of sp³-hybridized carbons (Fsp3) is 0.458. The summed E-state index contributed by atoms with van der Waals surface area (Å²) in [5.74, 6) is 1.71. The molecule has 1 unspecified atom stereocenters. The number of nitrogens with one attached hydrogen (secondary N) is 2. The number of ether oxygens (including phenoxy) is 2. The molecule has 0 aromatic heterocycles. The number of hydrogen-bond acceptors (Lipinski definition) is 4. The number of rotatable bonds is 8. The molecular formula is C24H34N4O2. The van der Waals surface area contributed by atoms with Crippen LogP contribution in [0.5, 0.6) is 5.75 Å². The molecule has 0 aliphatic carbocycles. The Bertz CT molecular complexity index is 801. The van der Waals surface area contributed by atoms with Crippen LogP contribution < -0.4 is 15.4 Å². The Balaban J connectivity index is 1.71. The van der Waals surface area contributed by atoms with E-state index >= 15 is 0 Å². The molecule has 2 N–H and O–H groups in total. The maximum atomic E-state index is 5.57. The number of nitrogens with zero attached hydrogens (tertiary/aromatic N) is 2. The number of hydrogen-bond donors (Lipinski definition) is 2. The van der Waals surface area contributed by atoms with Gasteiger partial charge in [-0.15, -0.1) is 0 Å². The van der Waals surface area contributed by atoms with Crippen molar-refractivity contribution in [3.63, 3.8) is 0 Å². The molecule has 30 heavy (non-hydrogen) atoms. The van der Waals surface area contributed by atoms with Crippen LogP contribution in [-0.4, -0.2) is 57.4 Å². The fourth-order valence-electron chi connectivity index (χ4n) is 3.69. The summed E-state index contributed by atoms with van der Waals surface area (Å²) in [5, 5.41) is 6.93. The second kappa shape index (κ2) is 11.6. The number of benzene rings is 2. The maximum absolute atomic E-state index is 5.57. The predicted molar refractivity (Wildman–Crippen MR) is 122 cm³/mol. The van der Waals surface area contributed by atoms with Crippen molar-refractivity contribution in [2.24, 2.45) is 4.99 Å². The first-order valence-electron chi connectivity index (χ1n) is 10.7. The highest BCUT2D eigenvalue weighted by molar-refractivity contribution is 5.79. The zero-order chi connectivity index (χ0) is 21.2. The summed E-state index contributed by atoms with van der Waals surface area (Å²) >= 11 is 0. The number of guanidine groups is 1. The minimum absolute atomic E-state index is 0.239. The van der Waals surface area contributed by atoms with E-state index in [0.717, 1.165) is 51.1 Å². The number of aryl methyl sites for hydroxylation is 1. The molecule has 6 heteroatoms. The van der Waals surface area contributed by atoms with Crippen molar-refractivity contribution < 1.29 is 9.47 Å². The lowest BCUT2D eigenvalue weighted by molar-refractivity contribution is 0.0170. The normalized spacial score (nSPS) is 16.2. The van der Waals surface area contributed by atoms with Crippen molar-refractivity contribution in [3.8, 4) is 5.75 Å². The molecule has 1 aliphatic heterocycles. The molecule has 0 bridgehead atoms. The van der Waals surface area contributed by atoms with Crippen LogP contribution >= 0.6 is 0 Å². The molecular weight excluding hydrogens is 376 g/mol. The number of methoxy groups -OCH3 is 1. The van der Waals surface area contributed by atoms with Crippen molar-refractivity contribution in [2.75, 3.05) is 46.5 Å². The molecule has 1 heterocycles. The molecule has 1 aliphatic rings. The van der Waals surface area contributed by atoms with E-state index in [1.54, 1.807) is 7.11 Å². The summed E-state index contributed by atoms with van der Waals surface area (Å²) in [4.78, 5) is 7.27. The van der Waals surface area contributed by atoms with Gasteiger partial charge in [0.05, 0.1) is 32.9 Å². The Morgan fingerprint density at radius 3 is 2.57 bits per heavy atom. The Kier molecular flexibility index (Phi) is 8.53. The molecule has 2 aromatic carbocycles. The van der Waals surface area contributed by atoms with E-state index in [1.807, 2.05) is 12.1 Å². The Hall–Kier alpha value is -2.57. The highest BCUT2D eigenvalue weighted by Gasteiger charge is 2.23. The molecule has 0 amide bonds. The first-order chi connectivity index (χ1) is 14.7. The molecule has 0 radical (unpaired) electrons. The molecule has 1 atom stereocenters. The third-order valence-electron chi connectivity index (χ3n) is 5.30. The molecule has 2 aromatic rings. The third kappa shape index (κ3) is 6.47. The van der Waals surface area contributed by atoms with E-state index in [-0.39, 0.29) is 6.04 Å². The average molecular weight is 411 g/mol. The SMILES string of the molecule is CCNC(=NCc1cccc(C)c1)NCC(c1ccc(OC)cc1)N1CCOCC1. The van der Waals surface area contributed by atoms with E-state index in [2.05, 4.69) is 65.8 Å². The van der Waals surface area contributed by atoms with Crippen LogP contribution in [-0.2, 0) is 11.3 Å². The van der Waals surface area contributed by atoms with Crippen LogP contribution in [0.15, 0.2) is 53.5 Å². The van der Waals surface area contributed by atoms with Crippen molar-refractivity contribution in [3.05, 3.63) is 65.2 Å². The second-order valence-corrected chi connectivity index (χ2v) is 7.50. The van der Waals surface area contributed by atoms with Crippen LogP contribution in [0.25, 0.3) is 0 Å². The molecule has 1 fully saturated rings. The van der Waals surface area contributed by atoms with E-state index in [9.17, 15) is 0 Å². The van der Waals surface area contributed by atoms with E-state index < -0.39 is 0 Å². The monoisotopic (exact) mass is 410 g/mol. The Morgan fingerprint density at radius 2 is 1.90 bits per heavy atom. The molecule has 162 valence electrons. The quantitative estimate of drug-likeness (QED) is 0.517. The fourth-order valence-corrected chi connectivity index (χ4v) is 3.69. The van der Waals surface area contributed by atoms with Gasteiger partial charge in [-0.1, -0.05) is 42.0 Å². The molecule has 6 nitrogen and oxygen atoms in total. The lowest BCUT2D eigenvalue weighted by Crippen LogP contribution is -2.46. The van der Waals surface area contributed by atoms with Crippen LogP contribution in [0.2, 0.25) is 0 Å². The zero-order valence-electron chi connectivity index (χ0n) is 18.4. The molecule has 0 spiro atoms. The highest BCUT2D eigenvalue weighted by atomic mass is 16.5. The van der Waals surface area contributed by atoms with Crippen molar-refractivity contribution in [2.45, 2.75) is 26.4 Å². The average Bonchev–Trinajstić information content (AvgIpc) is 2.78. The van der Waals surface area contributed by atoms with Gasteiger partial charge in [-0.3, -0.25) is 4.90 Å². The van der Waals surface area contributed by atoms with Gasteiger partial charge in [0.1, 0.15) is 5.75 Å². The van der Waals surface area contributed by atoms with Crippen LogP contribution in [0.1, 0.15) is 29.7 Å². The van der Waals surface area contributed by atoms with Crippen LogP contribution in [0, 0.1) is 6.92 Å². The summed E-state index contributed by atoms with van der Waals surface area (Å²) in [6, 6.07) is 17.1. The molecule has 3 rings (SSSR count). The summed E-state index contributed by atoms with van der Waals surface area (Å²) in [7, 11) is 1.70. The second-order valence-electron chi connectivity index (χ2n) is 7.50. The number of aliphatic imine (C=N–C) groups is 1. The van der Waals surface area contributed by atoms with Crippen molar-refractivity contribution in [1.29, 1.82) is 0 Å². The van der Waals surface area contributed by atoms with Gasteiger partial charge in [0.25, 0.3) is 0 Å². The Morgan fingerprint density at radius 1 is 1.13 bits per heavy atom. The lowest BCUT2D eigenvalue weighted by Gasteiger charge is -2.35. The molecule has 0 saturated carbocycles. The maximum Gasteiger partial charge on any atom is 0.191 e. The minimum Gasteiger partial charge on any atom is -0.497 e. The summed E-state index contributed by atoms with van der Waals surface area (Å²) in [6.45, 7) is 9.84. The zero-order valence-corrected chi connectivity index (χ0v) is 18.4. The minimum atomic E-state index is 0.239. The Labute approximate surface area is 180 Å². The standard InChI is InChI=1S/C24H34N4O2/c1-4-25-24(26-17-20-7-5-6-19(2)16-20)27-18-23(28-12-14-30-15-13-28)21-8-10-22(29-3)11-9-21/h5-11,16,23H,4,12-15,17-18H2,1-3H3,(H2,25,26,27). The lowest BCUT2D eigenvalue weighted by atomic mass is 10.0. The third-order valence-corrected chi connectivity index (χ3v) is 5.30. The largest absolute Gasteiger partial charge is 0.497 e. The van der Waals surface area contributed by atoms with Gasteiger partial charge in [-0.05, 0) is 37.1 Å². The highest BCUT2D eigenvalue weighted by Crippen LogP contribution is 2.23. The molecule has 1 saturated heterocycles. The smallest absolute Gasteiger partial charge is 0.191 e. The van der Waals surface area contributed by atoms with Gasteiger partial charge >= 0.3 is 0 Å². The van der Waals surface area contributed by atoms with Gasteiger partial charge < -0.3 is 20.1 Å². The van der Waals surface area contributed by atoms with Gasteiger partial charge in [-0.25, -0.2) is 4.99 Å². The first-order valence-corrected chi connectivity index (χ1v) is 10.7. The number of morpholine rings is 1. The van der Waals surface area contributed by atoms with Crippen LogP contribution in [0.3, 0.4) is 0 Å². The van der Waals surface area contributed by atoms with Crippen molar-refractivity contribution in [1.82, 2.24) is 15.5 Å². The predicted octanol–water partition coefficient (Wildman–Crippen LogP) is 3.13. The van der Waals surface area contributed by atoms with Crippen molar-refractivity contribution >= 4 is 5.96 Å². The van der Waals surface area contributed by atoms with Gasteiger partial charge in [0.2, 0.25) is 0 Å². The van der Waals surface area contributed by atoms with E-state index in [1.165, 1.54) is 16.7 Å². The van der Waals surface area contributed by atoms with Gasteiger partial charge in [0, 0.05) is 26.2 Å². The van der Waals surface area contributed by atoms with Crippen LogP contribution in [0.4, 0.5) is 0 Å².